The number of benzene rings is 2. The topological polar surface area (TPSA) is 116 Å². The summed E-state index contributed by atoms with van der Waals surface area (Å²) in [7, 11) is 0. The maximum atomic E-state index is 12.7. The van der Waals surface area contributed by atoms with Crippen molar-refractivity contribution < 1.29 is 9.59 Å². The molecule has 4 aromatic rings. The van der Waals surface area contributed by atoms with Crippen LogP contribution in [-0.2, 0) is 22.4 Å². The smallest absolute Gasteiger partial charge is 0.230 e. The van der Waals surface area contributed by atoms with E-state index in [4.69, 9.17) is 0 Å². The van der Waals surface area contributed by atoms with Crippen molar-refractivity contribution in [2.24, 2.45) is 0 Å². The Labute approximate surface area is 279 Å². The molecule has 2 heterocycles. The quantitative estimate of drug-likeness (QED) is 0.145. The number of aromatic nitrogens is 4. The summed E-state index contributed by atoms with van der Waals surface area (Å²) in [5.41, 5.74) is 4.22. The molecule has 0 bridgehead atoms. The van der Waals surface area contributed by atoms with E-state index in [1.807, 2.05) is 24.3 Å². The minimum Gasteiger partial charge on any atom is -0.372 e. The van der Waals surface area contributed by atoms with Gasteiger partial charge in [0.15, 0.2) is 0 Å². The number of nitrogens with zero attached hydrogens (tertiary/aromatic N) is 6. The summed E-state index contributed by atoms with van der Waals surface area (Å²) in [6.45, 7) is 12.3. The molecule has 2 amide bonds. The van der Waals surface area contributed by atoms with Gasteiger partial charge in [-0.1, -0.05) is 59.1 Å². The van der Waals surface area contributed by atoms with Gasteiger partial charge in [-0.2, -0.15) is 0 Å². The van der Waals surface area contributed by atoms with Crippen molar-refractivity contribution in [2.45, 2.75) is 65.2 Å². The molecule has 0 aliphatic heterocycles. The number of carbonyl (C=O) groups is 2. The molecule has 2 aromatic carbocycles. The lowest BCUT2D eigenvalue weighted by Gasteiger charge is -2.21. The van der Waals surface area contributed by atoms with Crippen LogP contribution in [0.15, 0.2) is 60.7 Å². The molecular formula is C34H42N8O2S2. The lowest BCUT2D eigenvalue weighted by atomic mass is 9.87. The van der Waals surface area contributed by atoms with E-state index in [0.29, 0.717) is 10.3 Å². The predicted molar refractivity (Wildman–Crippen MR) is 188 cm³/mol. The minimum atomic E-state index is -0.115. The van der Waals surface area contributed by atoms with Crippen molar-refractivity contribution in [2.75, 3.05) is 46.6 Å². The molecule has 0 radical (unpaired) electrons. The summed E-state index contributed by atoms with van der Waals surface area (Å²) >= 11 is 2.82. The van der Waals surface area contributed by atoms with E-state index in [-0.39, 0.29) is 36.5 Å². The van der Waals surface area contributed by atoms with Crippen LogP contribution in [-0.4, -0.2) is 58.4 Å². The SMILES string of the molecule is CCN(CC)c1ccc(CC(=O)Nc2nnc(C3CC=C[C@H](c4nnc(NC(=O)Cc5ccc(N(CC)CC)cc5)s4)C3)s2)cc1. The van der Waals surface area contributed by atoms with Crippen LogP contribution < -0.4 is 20.4 Å². The average molecular weight is 659 g/mol. The number of anilines is 4. The van der Waals surface area contributed by atoms with Crippen LogP contribution in [0.1, 0.15) is 73.5 Å². The first-order valence-corrected chi connectivity index (χ1v) is 17.6. The highest BCUT2D eigenvalue weighted by atomic mass is 32.1. The summed E-state index contributed by atoms with van der Waals surface area (Å²) in [5.74, 6) is -0.00183. The highest BCUT2D eigenvalue weighted by Crippen LogP contribution is 2.40. The van der Waals surface area contributed by atoms with Gasteiger partial charge in [0.25, 0.3) is 0 Å². The van der Waals surface area contributed by atoms with Crippen LogP contribution in [0, 0.1) is 0 Å². The van der Waals surface area contributed by atoms with Crippen LogP contribution in [0.25, 0.3) is 0 Å². The summed E-state index contributed by atoms with van der Waals surface area (Å²) in [4.78, 5) is 30.0. The molecule has 5 rings (SSSR count). The molecule has 2 N–H and O–H groups in total. The summed E-state index contributed by atoms with van der Waals surface area (Å²) in [6.07, 6.45) is 6.49. The molecule has 0 saturated carbocycles. The molecule has 1 aliphatic rings. The zero-order valence-electron chi connectivity index (χ0n) is 26.9. The Hall–Kier alpha value is -4.16. The van der Waals surface area contributed by atoms with Gasteiger partial charge in [-0.3, -0.25) is 9.59 Å². The van der Waals surface area contributed by atoms with Crippen molar-refractivity contribution >= 4 is 56.1 Å². The van der Waals surface area contributed by atoms with Gasteiger partial charge < -0.3 is 20.4 Å². The Kier molecular flexibility index (Phi) is 11.5. The zero-order valence-corrected chi connectivity index (χ0v) is 28.5. The van der Waals surface area contributed by atoms with E-state index in [1.165, 1.54) is 22.7 Å². The zero-order chi connectivity index (χ0) is 32.5. The molecule has 46 heavy (non-hydrogen) atoms. The average Bonchev–Trinajstić information content (AvgIpc) is 3.74. The maximum absolute atomic E-state index is 12.7. The maximum Gasteiger partial charge on any atom is 0.230 e. The molecule has 2 atom stereocenters. The van der Waals surface area contributed by atoms with Crippen molar-refractivity contribution in [3.05, 3.63) is 81.8 Å². The Bertz CT molecular complexity index is 1610. The molecule has 0 spiro atoms. The lowest BCUT2D eigenvalue weighted by Crippen LogP contribution is -2.21. The number of hydrogen-bond acceptors (Lipinski definition) is 10. The molecule has 1 aliphatic carbocycles. The Morgan fingerprint density at radius 1 is 0.696 bits per heavy atom. The number of rotatable bonds is 14. The van der Waals surface area contributed by atoms with Crippen LogP contribution in [0.5, 0.6) is 0 Å². The van der Waals surface area contributed by atoms with Crippen molar-refractivity contribution in [1.29, 1.82) is 0 Å². The van der Waals surface area contributed by atoms with Crippen LogP contribution in [0.4, 0.5) is 21.6 Å². The predicted octanol–water partition coefficient (Wildman–Crippen LogP) is 6.66. The first kappa shape index (κ1) is 33.2. The summed E-state index contributed by atoms with van der Waals surface area (Å²) in [5, 5.41) is 25.9. The third kappa shape index (κ3) is 8.55. The van der Waals surface area contributed by atoms with Gasteiger partial charge in [0.2, 0.25) is 22.1 Å². The second-order valence-corrected chi connectivity index (χ2v) is 13.2. The van der Waals surface area contributed by atoms with Crippen LogP contribution in [0.2, 0.25) is 0 Å². The summed E-state index contributed by atoms with van der Waals surface area (Å²) < 4.78 is 0. The second-order valence-electron chi connectivity index (χ2n) is 11.2. The van der Waals surface area contributed by atoms with Crippen molar-refractivity contribution in [1.82, 2.24) is 20.4 Å². The monoisotopic (exact) mass is 658 g/mol. The van der Waals surface area contributed by atoms with Gasteiger partial charge in [-0.25, -0.2) is 0 Å². The normalized spacial score (nSPS) is 15.8. The largest absolute Gasteiger partial charge is 0.372 e. The number of nitrogens with one attached hydrogen (secondary N) is 2. The fraction of sp³-hybridized carbons (Fsp3) is 0.412. The lowest BCUT2D eigenvalue weighted by molar-refractivity contribution is -0.116. The first-order valence-electron chi connectivity index (χ1n) is 16.0. The van der Waals surface area contributed by atoms with E-state index >= 15 is 0 Å². The van der Waals surface area contributed by atoms with E-state index in [9.17, 15) is 9.59 Å². The van der Waals surface area contributed by atoms with E-state index in [0.717, 1.165) is 71.5 Å². The number of hydrogen-bond donors (Lipinski definition) is 2. The van der Waals surface area contributed by atoms with Crippen molar-refractivity contribution in [3.63, 3.8) is 0 Å². The Morgan fingerprint density at radius 2 is 1.15 bits per heavy atom. The fourth-order valence-electron chi connectivity index (χ4n) is 5.68. The highest BCUT2D eigenvalue weighted by Gasteiger charge is 2.27. The van der Waals surface area contributed by atoms with Crippen molar-refractivity contribution in [3.8, 4) is 0 Å². The van der Waals surface area contributed by atoms with Crippen LogP contribution in [0.3, 0.4) is 0 Å². The van der Waals surface area contributed by atoms with Gasteiger partial charge >= 0.3 is 0 Å². The molecular weight excluding hydrogens is 617 g/mol. The van der Waals surface area contributed by atoms with E-state index < -0.39 is 0 Å². The fourth-order valence-corrected chi connectivity index (χ4v) is 7.42. The third-order valence-corrected chi connectivity index (χ3v) is 10.2. The number of amides is 2. The molecule has 10 nitrogen and oxygen atoms in total. The van der Waals surface area contributed by atoms with Gasteiger partial charge in [0.05, 0.1) is 12.8 Å². The van der Waals surface area contributed by atoms with Gasteiger partial charge in [-0.05, 0) is 75.9 Å². The second kappa shape index (κ2) is 15.9. The number of carbonyl (C=O) groups excluding carboxylic acids is 2. The highest BCUT2D eigenvalue weighted by molar-refractivity contribution is 7.15. The summed E-state index contributed by atoms with van der Waals surface area (Å²) in [6, 6.07) is 16.3. The van der Waals surface area contributed by atoms with Gasteiger partial charge in [0.1, 0.15) is 10.0 Å². The minimum absolute atomic E-state index is 0.0655. The molecule has 0 saturated heterocycles. The standard InChI is InChI=1S/C34H42N8O2S2/c1-5-41(6-2)27-16-12-23(13-17-27)20-29(43)35-33-39-37-31(45-33)25-10-9-11-26(22-25)32-38-40-34(46-32)36-30(44)21-24-14-18-28(19-15-24)42(7-3)8-4/h9-10,12-19,25-26H,5-8,11,20-22H2,1-4H3,(H,35,39,43)(H,36,40,44)/t25-,26?/m0/s1. The van der Waals surface area contributed by atoms with Gasteiger partial charge in [0, 0.05) is 49.4 Å². The van der Waals surface area contributed by atoms with E-state index in [2.05, 4.69) is 105 Å². The molecule has 242 valence electrons. The number of allylic oxidation sites excluding steroid dienone is 2. The Morgan fingerprint density at radius 3 is 1.63 bits per heavy atom. The molecule has 12 heteroatoms. The van der Waals surface area contributed by atoms with E-state index in [1.54, 1.807) is 0 Å². The molecule has 1 unspecified atom stereocenters. The van der Waals surface area contributed by atoms with Crippen LogP contribution >= 0.6 is 22.7 Å². The Balaban J connectivity index is 1.11. The molecule has 2 aromatic heterocycles. The first-order chi connectivity index (χ1) is 22.4. The third-order valence-electron chi connectivity index (χ3n) is 8.23. The van der Waals surface area contributed by atoms with Gasteiger partial charge in [-0.15, -0.1) is 20.4 Å². The molecule has 0 fully saturated rings.